The lowest BCUT2D eigenvalue weighted by Crippen LogP contribution is -2.46. The van der Waals surface area contributed by atoms with Crippen molar-refractivity contribution in [3.63, 3.8) is 0 Å². The molecule has 0 amide bonds. The Kier molecular flexibility index (Phi) is 4.50. The van der Waals surface area contributed by atoms with Gasteiger partial charge in [0.25, 0.3) is 5.69 Å². The summed E-state index contributed by atoms with van der Waals surface area (Å²) < 4.78 is 18.8. The lowest BCUT2D eigenvalue weighted by Gasteiger charge is -2.37. The van der Waals surface area contributed by atoms with Gasteiger partial charge in [0.05, 0.1) is 12.0 Å². The Balaban J connectivity index is 1.65. The largest absolute Gasteiger partial charge is 0.494 e. The third-order valence-corrected chi connectivity index (χ3v) is 4.21. The van der Waals surface area contributed by atoms with Crippen molar-refractivity contribution in [2.24, 2.45) is 0 Å². The molecule has 3 rings (SSSR count). The molecule has 0 radical (unpaired) electrons. The van der Waals surface area contributed by atoms with Gasteiger partial charge in [-0.15, -0.1) is 0 Å². The van der Waals surface area contributed by atoms with Gasteiger partial charge in [0.1, 0.15) is 0 Å². The molecule has 1 fully saturated rings. The summed E-state index contributed by atoms with van der Waals surface area (Å²) in [6.45, 7) is 3.04. The maximum absolute atomic E-state index is 13.8. The van der Waals surface area contributed by atoms with E-state index in [4.69, 9.17) is 4.74 Å². The van der Waals surface area contributed by atoms with Crippen molar-refractivity contribution in [3.05, 3.63) is 58.4 Å². The second kappa shape index (κ2) is 6.74. The Morgan fingerprint density at radius 2 is 1.54 bits per heavy atom. The molecule has 0 N–H and O–H groups in total. The third kappa shape index (κ3) is 3.24. The first-order chi connectivity index (χ1) is 11.6. The standard InChI is InChI=1S/C17H18FN3O3/c1-24-17-7-6-15(12-16(17)18)20-10-8-19(9-11-20)13-2-4-14(5-3-13)21(22)23/h2-7,12H,8-11H2,1H3. The van der Waals surface area contributed by atoms with Crippen molar-refractivity contribution in [2.45, 2.75) is 0 Å². The molecule has 0 atom stereocenters. The van der Waals surface area contributed by atoms with Crippen LogP contribution < -0.4 is 14.5 Å². The summed E-state index contributed by atoms with van der Waals surface area (Å²) in [7, 11) is 1.45. The molecule has 0 aromatic heterocycles. The van der Waals surface area contributed by atoms with E-state index in [0.717, 1.165) is 37.6 Å². The van der Waals surface area contributed by atoms with Gasteiger partial charge in [0, 0.05) is 55.8 Å². The van der Waals surface area contributed by atoms with Gasteiger partial charge < -0.3 is 14.5 Å². The van der Waals surface area contributed by atoms with E-state index in [1.165, 1.54) is 25.3 Å². The number of rotatable bonds is 4. The molecule has 1 aliphatic rings. The van der Waals surface area contributed by atoms with E-state index in [9.17, 15) is 14.5 Å². The second-order valence-electron chi connectivity index (χ2n) is 5.57. The van der Waals surface area contributed by atoms with Crippen molar-refractivity contribution in [3.8, 4) is 5.75 Å². The third-order valence-electron chi connectivity index (χ3n) is 4.21. The fourth-order valence-electron chi connectivity index (χ4n) is 2.86. The molecular weight excluding hydrogens is 313 g/mol. The van der Waals surface area contributed by atoms with Crippen molar-refractivity contribution < 1.29 is 14.1 Å². The molecule has 6 nitrogen and oxygen atoms in total. The number of ether oxygens (including phenoxy) is 1. The maximum atomic E-state index is 13.8. The summed E-state index contributed by atoms with van der Waals surface area (Å²) in [5, 5.41) is 10.7. The molecule has 2 aromatic rings. The van der Waals surface area contributed by atoms with Gasteiger partial charge in [0.2, 0.25) is 0 Å². The number of nitro benzene ring substituents is 1. The summed E-state index contributed by atoms with van der Waals surface area (Å²) >= 11 is 0. The van der Waals surface area contributed by atoms with Gasteiger partial charge in [-0.05, 0) is 24.3 Å². The van der Waals surface area contributed by atoms with Crippen LogP contribution in [0.5, 0.6) is 5.75 Å². The lowest BCUT2D eigenvalue weighted by atomic mass is 10.2. The molecule has 126 valence electrons. The molecule has 0 unspecified atom stereocenters. The number of hydrogen-bond donors (Lipinski definition) is 0. The zero-order valence-corrected chi connectivity index (χ0v) is 13.3. The predicted molar refractivity (Wildman–Crippen MR) is 90.5 cm³/mol. The first-order valence-electron chi connectivity index (χ1n) is 7.66. The first-order valence-corrected chi connectivity index (χ1v) is 7.66. The van der Waals surface area contributed by atoms with Crippen LogP contribution in [0.1, 0.15) is 0 Å². The Labute approximate surface area is 139 Å². The Bertz CT molecular complexity index is 728. The van der Waals surface area contributed by atoms with E-state index in [2.05, 4.69) is 9.80 Å². The van der Waals surface area contributed by atoms with Crippen LogP contribution in [0.2, 0.25) is 0 Å². The number of non-ortho nitro benzene ring substituents is 1. The molecule has 1 saturated heterocycles. The molecule has 0 bridgehead atoms. The fourth-order valence-corrected chi connectivity index (χ4v) is 2.86. The minimum Gasteiger partial charge on any atom is -0.494 e. The lowest BCUT2D eigenvalue weighted by molar-refractivity contribution is -0.384. The normalized spacial score (nSPS) is 14.6. The van der Waals surface area contributed by atoms with Gasteiger partial charge in [-0.3, -0.25) is 10.1 Å². The van der Waals surface area contributed by atoms with Crippen LogP contribution in [0, 0.1) is 15.9 Å². The highest BCUT2D eigenvalue weighted by molar-refractivity contribution is 5.55. The summed E-state index contributed by atoms with van der Waals surface area (Å²) in [6.07, 6.45) is 0. The van der Waals surface area contributed by atoms with Crippen LogP contribution in [0.4, 0.5) is 21.5 Å². The number of hydrogen-bond acceptors (Lipinski definition) is 5. The second-order valence-corrected chi connectivity index (χ2v) is 5.57. The summed E-state index contributed by atoms with van der Waals surface area (Å²) in [4.78, 5) is 14.6. The number of nitrogens with zero attached hydrogens (tertiary/aromatic N) is 3. The molecule has 0 spiro atoms. The molecule has 1 heterocycles. The van der Waals surface area contributed by atoms with Crippen molar-refractivity contribution in [2.75, 3.05) is 43.1 Å². The SMILES string of the molecule is COc1ccc(N2CCN(c3ccc([N+](=O)[O-])cc3)CC2)cc1F. The average Bonchev–Trinajstić information content (AvgIpc) is 2.62. The van der Waals surface area contributed by atoms with E-state index in [1.54, 1.807) is 18.2 Å². The Morgan fingerprint density at radius 3 is 2.04 bits per heavy atom. The van der Waals surface area contributed by atoms with E-state index < -0.39 is 4.92 Å². The van der Waals surface area contributed by atoms with Crippen LogP contribution in [0.3, 0.4) is 0 Å². The van der Waals surface area contributed by atoms with Gasteiger partial charge in [-0.2, -0.15) is 0 Å². The Morgan fingerprint density at radius 1 is 1.00 bits per heavy atom. The van der Waals surface area contributed by atoms with E-state index in [0.29, 0.717) is 0 Å². The number of benzene rings is 2. The molecule has 7 heteroatoms. The minimum atomic E-state index is -0.403. The number of piperazine rings is 1. The van der Waals surface area contributed by atoms with Gasteiger partial charge in [0.15, 0.2) is 11.6 Å². The average molecular weight is 331 g/mol. The minimum absolute atomic E-state index is 0.0890. The summed E-state index contributed by atoms with van der Waals surface area (Å²) in [5.74, 6) is -0.129. The van der Waals surface area contributed by atoms with E-state index in [-0.39, 0.29) is 17.3 Å². The van der Waals surface area contributed by atoms with Crippen molar-refractivity contribution in [1.29, 1.82) is 0 Å². The molecule has 0 saturated carbocycles. The predicted octanol–water partition coefficient (Wildman–Crippen LogP) is 3.07. The monoisotopic (exact) mass is 331 g/mol. The van der Waals surface area contributed by atoms with Crippen LogP contribution in [-0.2, 0) is 0 Å². The molecule has 0 aliphatic carbocycles. The molecule has 24 heavy (non-hydrogen) atoms. The van der Waals surface area contributed by atoms with Gasteiger partial charge >= 0.3 is 0 Å². The molecule has 1 aliphatic heterocycles. The van der Waals surface area contributed by atoms with Gasteiger partial charge in [-0.25, -0.2) is 4.39 Å². The van der Waals surface area contributed by atoms with E-state index in [1.807, 2.05) is 6.07 Å². The highest BCUT2D eigenvalue weighted by atomic mass is 19.1. The zero-order valence-electron chi connectivity index (χ0n) is 13.3. The topological polar surface area (TPSA) is 58.8 Å². The van der Waals surface area contributed by atoms with Gasteiger partial charge in [-0.1, -0.05) is 0 Å². The van der Waals surface area contributed by atoms with Crippen molar-refractivity contribution >= 4 is 17.1 Å². The summed E-state index contributed by atoms with van der Waals surface area (Å²) in [5.41, 5.74) is 1.88. The van der Waals surface area contributed by atoms with Crippen LogP contribution in [0.25, 0.3) is 0 Å². The molecular formula is C17H18FN3O3. The number of nitro groups is 1. The number of methoxy groups -OCH3 is 1. The fraction of sp³-hybridized carbons (Fsp3) is 0.294. The first kappa shape index (κ1) is 16.0. The highest BCUT2D eigenvalue weighted by Gasteiger charge is 2.19. The number of anilines is 2. The smallest absolute Gasteiger partial charge is 0.269 e. The molecule has 2 aromatic carbocycles. The summed E-state index contributed by atoms with van der Waals surface area (Å²) in [6, 6.07) is 11.5. The van der Waals surface area contributed by atoms with Crippen LogP contribution in [-0.4, -0.2) is 38.2 Å². The van der Waals surface area contributed by atoms with E-state index >= 15 is 0 Å². The zero-order chi connectivity index (χ0) is 17.1. The quantitative estimate of drug-likeness (QED) is 0.636. The van der Waals surface area contributed by atoms with Crippen LogP contribution in [0.15, 0.2) is 42.5 Å². The van der Waals surface area contributed by atoms with Crippen molar-refractivity contribution in [1.82, 2.24) is 0 Å². The van der Waals surface area contributed by atoms with Crippen LogP contribution >= 0.6 is 0 Å². The maximum Gasteiger partial charge on any atom is 0.269 e. The number of halogens is 1. The highest BCUT2D eigenvalue weighted by Crippen LogP contribution is 2.26. The Hall–Kier alpha value is -2.83.